The van der Waals surface area contributed by atoms with Crippen LogP contribution in [0.5, 0.6) is 5.75 Å². The number of likely N-dealkylation sites (tertiary alicyclic amines) is 1. The van der Waals surface area contributed by atoms with Crippen molar-refractivity contribution in [3.63, 3.8) is 0 Å². The molecular weight excluding hydrogens is 370 g/mol. The van der Waals surface area contributed by atoms with Crippen molar-refractivity contribution in [3.05, 3.63) is 11.3 Å². The first kappa shape index (κ1) is 18.0. The Bertz CT molecular complexity index is 954. The van der Waals surface area contributed by atoms with Crippen LogP contribution in [0.15, 0.2) is 10.8 Å². The van der Waals surface area contributed by atoms with Crippen LogP contribution in [0.1, 0.15) is 19.8 Å². The molecule has 0 aromatic carbocycles. The molecule has 0 radical (unpaired) electrons. The molecule has 1 saturated heterocycles. The van der Waals surface area contributed by atoms with E-state index in [4.69, 9.17) is 26.7 Å². The molecule has 0 saturated carbocycles. The molecule has 2 N–H and O–H groups in total. The number of ether oxygens (including phenoxy) is 1. The number of nitrogen functional groups attached to an aromatic ring is 1. The molecule has 4 heterocycles. The molecular formula is C17H22ClN7O2. The number of fused-ring (bicyclic) bond motifs is 1. The number of pyridine rings is 1. The molecule has 3 aromatic rings. The van der Waals surface area contributed by atoms with Crippen molar-refractivity contribution in [1.82, 2.24) is 29.7 Å². The first-order valence-corrected chi connectivity index (χ1v) is 9.40. The zero-order valence-electron chi connectivity index (χ0n) is 15.4. The lowest BCUT2D eigenvalue weighted by Gasteiger charge is -2.29. The lowest BCUT2D eigenvalue weighted by molar-refractivity contribution is 0.151. The van der Waals surface area contributed by atoms with Crippen molar-refractivity contribution in [3.8, 4) is 17.3 Å². The highest BCUT2D eigenvalue weighted by Crippen LogP contribution is 2.35. The number of anilines is 1. The van der Waals surface area contributed by atoms with Crippen molar-refractivity contribution in [2.75, 3.05) is 32.5 Å². The molecule has 0 unspecified atom stereocenters. The Morgan fingerprint density at radius 3 is 2.96 bits per heavy atom. The van der Waals surface area contributed by atoms with Crippen LogP contribution >= 0.6 is 11.6 Å². The molecule has 1 atom stereocenters. The van der Waals surface area contributed by atoms with Gasteiger partial charge in [-0.2, -0.15) is 0 Å². The minimum atomic E-state index is 0.178. The van der Waals surface area contributed by atoms with E-state index in [1.54, 1.807) is 6.20 Å². The summed E-state index contributed by atoms with van der Waals surface area (Å²) in [5.41, 5.74) is 7.56. The van der Waals surface area contributed by atoms with Gasteiger partial charge in [-0.25, -0.2) is 14.6 Å². The van der Waals surface area contributed by atoms with Crippen molar-refractivity contribution < 1.29 is 9.37 Å². The highest BCUT2D eigenvalue weighted by Gasteiger charge is 2.24. The molecule has 0 aliphatic carbocycles. The Hall–Kier alpha value is -2.39. The van der Waals surface area contributed by atoms with E-state index in [1.807, 2.05) is 11.5 Å². The van der Waals surface area contributed by atoms with Crippen molar-refractivity contribution in [2.24, 2.45) is 5.92 Å². The van der Waals surface area contributed by atoms with E-state index in [-0.39, 0.29) is 5.82 Å². The van der Waals surface area contributed by atoms with Crippen LogP contribution < -0.4 is 10.5 Å². The smallest absolute Gasteiger partial charge is 0.199 e. The van der Waals surface area contributed by atoms with Gasteiger partial charge in [0.25, 0.3) is 0 Å². The molecule has 1 aliphatic heterocycles. The van der Waals surface area contributed by atoms with Crippen LogP contribution in [0, 0.1) is 5.92 Å². The average Bonchev–Trinajstić information content (AvgIpc) is 3.25. The van der Waals surface area contributed by atoms with Gasteiger partial charge in [-0.05, 0) is 43.7 Å². The Kier molecular flexibility index (Phi) is 4.88. The number of rotatable bonds is 5. The third-order valence-electron chi connectivity index (χ3n) is 4.93. The Balaban J connectivity index is 1.72. The van der Waals surface area contributed by atoms with Crippen LogP contribution in [0.4, 0.5) is 5.82 Å². The van der Waals surface area contributed by atoms with Gasteiger partial charge in [-0.1, -0.05) is 11.6 Å². The molecule has 0 spiro atoms. The summed E-state index contributed by atoms with van der Waals surface area (Å²) in [5, 5.41) is 7.82. The number of nitrogens with two attached hydrogens (primary N) is 1. The molecule has 4 rings (SSSR count). The highest BCUT2D eigenvalue weighted by atomic mass is 35.5. The fourth-order valence-electron chi connectivity index (χ4n) is 3.65. The van der Waals surface area contributed by atoms with E-state index in [1.165, 1.54) is 6.42 Å². The van der Waals surface area contributed by atoms with Crippen LogP contribution in [-0.2, 0) is 6.54 Å². The minimum absolute atomic E-state index is 0.178. The fraction of sp³-hybridized carbons (Fsp3) is 0.529. The Morgan fingerprint density at radius 1 is 1.41 bits per heavy atom. The zero-order valence-corrected chi connectivity index (χ0v) is 16.1. The van der Waals surface area contributed by atoms with Crippen LogP contribution in [0.25, 0.3) is 22.6 Å². The second-order valence-corrected chi connectivity index (χ2v) is 7.23. The molecule has 3 aromatic heterocycles. The van der Waals surface area contributed by atoms with Gasteiger partial charge in [0, 0.05) is 19.0 Å². The van der Waals surface area contributed by atoms with Gasteiger partial charge in [0.05, 0.1) is 12.8 Å². The maximum atomic E-state index is 6.30. The number of nitrogens with zero attached hydrogens (tertiary/aromatic N) is 6. The second-order valence-electron chi connectivity index (χ2n) is 6.87. The van der Waals surface area contributed by atoms with Gasteiger partial charge >= 0.3 is 0 Å². The van der Waals surface area contributed by atoms with Crippen LogP contribution in [0.2, 0.25) is 5.15 Å². The highest BCUT2D eigenvalue weighted by molar-refractivity contribution is 6.34. The maximum absolute atomic E-state index is 6.30. The molecule has 10 heteroatoms. The third kappa shape index (κ3) is 3.32. The third-order valence-corrected chi connectivity index (χ3v) is 5.21. The standard InChI is InChI=1S/C17H22ClN7O2/c1-3-25-14-11(26-9-10-5-4-6-24(2)8-10)7-20-15(18)12(14)21-17(25)13-16(19)23-27-22-13/h7,10H,3-6,8-9H2,1-2H3,(H2,19,23)/t10-/m0/s1. The summed E-state index contributed by atoms with van der Waals surface area (Å²) in [6.07, 6.45) is 4.00. The van der Waals surface area contributed by atoms with E-state index >= 15 is 0 Å². The number of imidazole rings is 1. The molecule has 27 heavy (non-hydrogen) atoms. The monoisotopic (exact) mass is 391 g/mol. The van der Waals surface area contributed by atoms with Crippen molar-refractivity contribution >= 4 is 28.5 Å². The van der Waals surface area contributed by atoms with Crippen LogP contribution in [-0.4, -0.2) is 56.5 Å². The van der Waals surface area contributed by atoms with E-state index < -0.39 is 0 Å². The first-order chi connectivity index (χ1) is 13.1. The van der Waals surface area contributed by atoms with Gasteiger partial charge < -0.3 is 19.9 Å². The quantitative estimate of drug-likeness (QED) is 0.660. The molecule has 144 valence electrons. The molecule has 0 amide bonds. The van der Waals surface area contributed by atoms with E-state index in [0.717, 1.165) is 25.0 Å². The number of halogens is 1. The predicted molar refractivity (Wildman–Crippen MR) is 102 cm³/mol. The number of piperidine rings is 1. The number of aromatic nitrogens is 5. The fourth-order valence-corrected chi connectivity index (χ4v) is 3.83. The molecule has 0 bridgehead atoms. The van der Waals surface area contributed by atoms with E-state index in [2.05, 4.69) is 32.2 Å². The van der Waals surface area contributed by atoms with Crippen molar-refractivity contribution in [1.29, 1.82) is 0 Å². The largest absolute Gasteiger partial charge is 0.489 e. The van der Waals surface area contributed by atoms with E-state index in [0.29, 0.717) is 47.0 Å². The number of hydrogen-bond donors (Lipinski definition) is 1. The second kappa shape index (κ2) is 7.32. The predicted octanol–water partition coefficient (Wildman–Crippen LogP) is 2.46. The molecule has 1 fully saturated rings. The SMILES string of the molecule is CCn1c(-c2nonc2N)nc2c(Cl)ncc(OC[C@H]3CCCN(C)C3)c21. The minimum Gasteiger partial charge on any atom is -0.489 e. The van der Waals surface area contributed by atoms with Gasteiger partial charge in [-0.15, -0.1) is 0 Å². The maximum Gasteiger partial charge on any atom is 0.199 e. The average molecular weight is 392 g/mol. The first-order valence-electron chi connectivity index (χ1n) is 9.03. The lowest BCUT2D eigenvalue weighted by atomic mass is 10.00. The summed E-state index contributed by atoms with van der Waals surface area (Å²) in [7, 11) is 2.14. The summed E-state index contributed by atoms with van der Waals surface area (Å²) in [6.45, 7) is 5.43. The number of hydrogen-bond acceptors (Lipinski definition) is 8. The summed E-state index contributed by atoms with van der Waals surface area (Å²) in [6, 6.07) is 0. The van der Waals surface area contributed by atoms with Gasteiger partial charge in [0.2, 0.25) is 0 Å². The Labute approximate surface area is 161 Å². The van der Waals surface area contributed by atoms with Crippen molar-refractivity contribution in [2.45, 2.75) is 26.3 Å². The summed E-state index contributed by atoms with van der Waals surface area (Å²) < 4.78 is 12.8. The number of aryl methyl sites for hydroxylation is 1. The van der Waals surface area contributed by atoms with Crippen LogP contribution in [0.3, 0.4) is 0 Å². The normalized spacial score (nSPS) is 18.3. The Morgan fingerprint density at radius 2 is 2.26 bits per heavy atom. The summed E-state index contributed by atoms with van der Waals surface area (Å²) in [5.74, 6) is 1.85. The van der Waals surface area contributed by atoms with E-state index in [9.17, 15) is 0 Å². The van der Waals surface area contributed by atoms with Gasteiger partial charge in [-0.3, -0.25) is 0 Å². The van der Waals surface area contributed by atoms with Gasteiger partial charge in [0.15, 0.2) is 28.2 Å². The lowest BCUT2D eigenvalue weighted by Crippen LogP contribution is -2.34. The topological polar surface area (TPSA) is 108 Å². The zero-order chi connectivity index (χ0) is 19.0. The van der Waals surface area contributed by atoms with Gasteiger partial charge in [0.1, 0.15) is 11.0 Å². The summed E-state index contributed by atoms with van der Waals surface area (Å²) >= 11 is 6.30. The summed E-state index contributed by atoms with van der Waals surface area (Å²) in [4.78, 5) is 11.2. The molecule has 1 aliphatic rings. The molecule has 9 nitrogen and oxygen atoms in total.